The molecule has 0 aromatic heterocycles. The molecule has 1 aromatic rings. The monoisotopic (exact) mass is 370 g/mol. The van der Waals surface area contributed by atoms with E-state index in [9.17, 15) is 18.0 Å². The third kappa shape index (κ3) is 4.77. The summed E-state index contributed by atoms with van der Waals surface area (Å²) in [4.78, 5) is 23.2. The molecule has 0 saturated heterocycles. The van der Waals surface area contributed by atoms with Crippen LogP contribution >= 0.6 is 0 Å². The van der Waals surface area contributed by atoms with Gasteiger partial charge in [-0.05, 0) is 29.2 Å². The first-order valence-electron chi connectivity index (χ1n) is 7.96. The van der Waals surface area contributed by atoms with E-state index in [1.54, 1.807) is 13.0 Å². The first-order chi connectivity index (χ1) is 11.7. The van der Waals surface area contributed by atoms with Gasteiger partial charge in [0.15, 0.2) is 0 Å². The highest BCUT2D eigenvalue weighted by Crippen LogP contribution is 2.22. The Morgan fingerprint density at radius 3 is 2.60 bits per heavy atom. The van der Waals surface area contributed by atoms with Crippen LogP contribution in [0.25, 0.3) is 0 Å². The molecule has 0 radical (unpaired) electrons. The van der Waals surface area contributed by atoms with E-state index >= 15 is 0 Å². The molecule has 8 nitrogen and oxygen atoms in total. The van der Waals surface area contributed by atoms with Crippen LogP contribution in [0.3, 0.4) is 0 Å². The Morgan fingerprint density at radius 1 is 1.28 bits per heavy atom. The fourth-order valence-corrected chi connectivity index (χ4v) is 3.50. The summed E-state index contributed by atoms with van der Waals surface area (Å²) >= 11 is 0. The van der Waals surface area contributed by atoms with E-state index in [2.05, 4.69) is 10.0 Å². The van der Waals surface area contributed by atoms with E-state index in [1.807, 2.05) is 6.92 Å². The highest BCUT2D eigenvalue weighted by atomic mass is 32.2. The minimum absolute atomic E-state index is 0.0428. The van der Waals surface area contributed by atoms with Gasteiger partial charge >= 0.3 is 5.97 Å². The van der Waals surface area contributed by atoms with Crippen molar-refractivity contribution in [3.05, 3.63) is 29.3 Å². The number of ether oxygens (including phenoxy) is 1. The van der Waals surface area contributed by atoms with Crippen molar-refractivity contribution in [3.63, 3.8) is 0 Å². The van der Waals surface area contributed by atoms with E-state index in [0.717, 1.165) is 11.1 Å². The second-order valence-corrected chi connectivity index (χ2v) is 7.78. The fraction of sp³-hybridized carbons (Fsp3) is 0.500. The van der Waals surface area contributed by atoms with E-state index in [4.69, 9.17) is 9.84 Å². The Balaban J connectivity index is 1.99. The molecule has 1 aliphatic rings. The summed E-state index contributed by atoms with van der Waals surface area (Å²) in [6.45, 7) is 3.80. The number of fused-ring (bicyclic) bond motifs is 1. The second-order valence-electron chi connectivity index (χ2n) is 6.02. The molecule has 9 heteroatoms. The zero-order valence-corrected chi connectivity index (χ0v) is 14.9. The van der Waals surface area contributed by atoms with Gasteiger partial charge in [-0.1, -0.05) is 26.3 Å². The van der Waals surface area contributed by atoms with Crippen molar-refractivity contribution < 1.29 is 27.9 Å². The van der Waals surface area contributed by atoms with Crippen LogP contribution in [0.15, 0.2) is 23.1 Å². The molecule has 25 heavy (non-hydrogen) atoms. The Hall–Kier alpha value is -1.97. The number of rotatable bonds is 8. The van der Waals surface area contributed by atoms with Crippen LogP contribution in [-0.4, -0.2) is 38.0 Å². The van der Waals surface area contributed by atoms with E-state index in [0.29, 0.717) is 19.6 Å². The number of carbonyl (C=O) groups excluding carboxylic acids is 1. The predicted molar refractivity (Wildman–Crippen MR) is 89.1 cm³/mol. The predicted octanol–water partition coefficient (Wildman–Crippen LogP) is 0.611. The quantitative estimate of drug-likeness (QED) is 0.616. The number of nitrogens with one attached hydrogen (secondary N) is 2. The smallest absolute Gasteiger partial charge is 0.326 e. The van der Waals surface area contributed by atoms with Gasteiger partial charge < -0.3 is 15.2 Å². The molecule has 138 valence electrons. The van der Waals surface area contributed by atoms with Crippen molar-refractivity contribution in [3.8, 4) is 0 Å². The number of hydrogen-bond donors (Lipinski definition) is 3. The Kier molecular flexibility index (Phi) is 6.15. The fourth-order valence-electron chi connectivity index (χ4n) is 2.47. The summed E-state index contributed by atoms with van der Waals surface area (Å²) in [5.41, 5.74) is 1.74. The minimum Gasteiger partial charge on any atom is -0.480 e. The Bertz CT molecular complexity index is 762. The molecule has 1 heterocycles. The van der Waals surface area contributed by atoms with Gasteiger partial charge in [-0.2, -0.15) is 0 Å². The van der Waals surface area contributed by atoms with Gasteiger partial charge in [-0.15, -0.1) is 0 Å². The normalized spacial score (nSPS) is 16.1. The van der Waals surface area contributed by atoms with Crippen molar-refractivity contribution in [2.45, 2.75) is 44.4 Å². The molecule has 1 aromatic carbocycles. The lowest BCUT2D eigenvalue weighted by Gasteiger charge is -2.20. The minimum atomic E-state index is -3.87. The van der Waals surface area contributed by atoms with Crippen molar-refractivity contribution in [2.75, 3.05) is 6.54 Å². The van der Waals surface area contributed by atoms with Crippen molar-refractivity contribution in [2.24, 2.45) is 5.92 Å². The van der Waals surface area contributed by atoms with Crippen LogP contribution in [0.1, 0.15) is 31.4 Å². The molecule has 0 fully saturated rings. The Labute approximate surface area is 146 Å². The lowest BCUT2D eigenvalue weighted by molar-refractivity contribution is -0.143. The molecule has 2 rings (SSSR count). The van der Waals surface area contributed by atoms with Crippen LogP contribution in [0, 0.1) is 5.92 Å². The van der Waals surface area contributed by atoms with Crippen molar-refractivity contribution >= 4 is 21.9 Å². The molecule has 2 atom stereocenters. The first kappa shape index (κ1) is 19.4. The standard InChI is InChI=1S/C16H22N2O6S/c1-3-10(2)15(16(20)21)18-14(19)7-17-25(22,23)13-5-4-11-8-24-9-12(11)6-13/h4-6,10,15,17H,3,7-9H2,1-2H3,(H,18,19)(H,20,21)/t10-,15-/m0/s1. The van der Waals surface area contributed by atoms with Gasteiger partial charge in [0.05, 0.1) is 24.7 Å². The summed E-state index contributed by atoms with van der Waals surface area (Å²) in [5, 5.41) is 11.5. The highest BCUT2D eigenvalue weighted by molar-refractivity contribution is 7.89. The van der Waals surface area contributed by atoms with Gasteiger partial charge in [-0.3, -0.25) is 4.79 Å². The van der Waals surface area contributed by atoms with E-state index in [-0.39, 0.29) is 10.8 Å². The molecule has 3 N–H and O–H groups in total. The number of carboxylic acid groups (broad SMARTS) is 1. The van der Waals surface area contributed by atoms with E-state index < -0.39 is 34.5 Å². The van der Waals surface area contributed by atoms with Gasteiger partial charge in [0.1, 0.15) is 6.04 Å². The van der Waals surface area contributed by atoms with Gasteiger partial charge in [0.25, 0.3) is 0 Å². The van der Waals surface area contributed by atoms with Crippen molar-refractivity contribution in [1.29, 1.82) is 0 Å². The average molecular weight is 370 g/mol. The topological polar surface area (TPSA) is 122 Å². The van der Waals surface area contributed by atoms with Crippen LogP contribution in [0.2, 0.25) is 0 Å². The molecule has 0 spiro atoms. The van der Waals surface area contributed by atoms with Crippen LogP contribution in [-0.2, 0) is 37.6 Å². The molecular weight excluding hydrogens is 348 g/mol. The number of sulfonamides is 1. The average Bonchev–Trinajstić information content (AvgIpc) is 3.04. The summed E-state index contributed by atoms with van der Waals surface area (Å²) in [6, 6.07) is 3.59. The SMILES string of the molecule is CC[C@H](C)[C@H](NC(=O)CNS(=O)(=O)c1ccc2c(c1)COC2)C(=O)O. The number of carboxylic acids is 1. The molecule has 1 amide bonds. The molecule has 1 aliphatic heterocycles. The molecular formula is C16H22N2O6S. The van der Waals surface area contributed by atoms with Gasteiger partial charge in [0.2, 0.25) is 15.9 Å². The summed E-state index contributed by atoms with van der Waals surface area (Å²) in [7, 11) is -3.87. The third-order valence-electron chi connectivity index (χ3n) is 4.22. The number of carbonyl (C=O) groups is 2. The summed E-state index contributed by atoms with van der Waals surface area (Å²) in [6.07, 6.45) is 0.570. The highest BCUT2D eigenvalue weighted by Gasteiger charge is 2.26. The maximum atomic E-state index is 12.3. The number of hydrogen-bond acceptors (Lipinski definition) is 5. The zero-order valence-electron chi connectivity index (χ0n) is 14.1. The van der Waals surface area contributed by atoms with Crippen LogP contribution in [0.4, 0.5) is 0 Å². The largest absolute Gasteiger partial charge is 0.480 e. The van der Waals surface area contributed by atoms with E-state index in [1.165, 1.54) is 12.1 Å². The lowest BCUT2D eigenvalue weighted by Crippen LogP contribution is -2.48. The number of benzene rings is 1. The van der Waals surface area contributed by atoms with Crippen molar-refractivity contribution in [1.82, 2.24) is 10.0 Å². The number of aliphatic carboxylic acids is 1. The summed E-state index contributed by atoms with van der Waals surface area (Å²) < 4.78 is 32.0. The Morgan fingerprint density at radius 2 is 1.96 bits per heavy atom. The second kappa shape index (κ2) is 7.94. The number of amides is 1. The first-order valence-corrected chi connectivity index (χ1v) is 9.44. The van der Waals surface area contributed by atoms with Crippen LogP contribution in [0.5, 0.6) is 0 Å². The zero-order chi connectivity index (χ0) is 18.6. The molecule has 0 bridgehead atoms. The van der Waals surface area contributed by atoms with Crippen LogP contribution < -0.4 is 10.0 Å². The summed E-state index contributed by atoms with van der Waals surface area (Å²) in [5.74, 6) is -2.11. The maximum absolute atomic E-state index is 12.3. The molecule has 0 saturated carbocycles. The molecule has 0 aliphatic carbocycles. The van der Waals surface area contributed by atoms with Gasteiger partial charge in [0, 0.05) is 0 Å². The lowest BCUT2D eigenvalue weighted by atomic mass is 9.99. The van der Waals surface area contributed by atoms with Gasteiger partial charge in [-0.25, -0.2) is 17.9 Å². The third-order valence-corrected chi connectivity index (χ3v) is 5.62. The molecule has 0 unspecified atom stereocenters. The maximum Gasteiger partial charge on any atom is 0.326 e.